The van der Waals surface area contributed by atoms with E-state index < -0.39 is 270 Å². The van der Waals surface area contributed by atoms with Crippen LogP contribution >= 0.6 is 0 Å². The van der Waals surface area contributed by atoms with Crippen LogP contribution in [-0.2, 0) is 143 Å². The molecule has 0 N–H and O–H groups in total. The summed E-state index contributed by atoms with van der Waals surface area (Å²) < 4.78 is 120. The Balaban J connectivity index is 1.59. The van der Waals surface area contributed by atoms with Gasteiger partial charge in [0.25, 0.3) is 0 Å². The fourth-order valence-electron chi connectivity index (χ4n) is 12.4. The SMILES string of the molecule is CC(=O)OC[C@H]1O[C@@H](OC[C@H]2O[C@@H](O[C@@H]3C(OC(C)=O)[C@H](N=[N+]=[N-])CC(N=[N+]=[N-])[C@H]3O[C@H]3OC(CN=[N+]=[N-])[C@@H](OC(C)=O)[C@H](OC(C)=O)C3N=[N+]=[N-])C(OC(C)=O)[C@H]2O[C@H]2O[C@@H](CN=[N+]=[N-])[C@@H](OC(C)=O)C(OC(C)=O)C2N=[N+]=[N-])C(OC(C)=O)[C@H]1O[C@H]1O[C@@H](CN=[N+]=[N-])[C@@H](OC(C)=O)C(OC(C)=O)C1N=[N+]=[N-]. The molecule has 54 nitrogen and oxygen atoms in total. The van der Waals surface area contributed by atoms with E-state index in [9.17, 15) is 92.2 Å². The highest BCUT2D eigenvalue weighted by molar-refractivity contribution is 5.70. The first-order valence-electron chi connectivity index (χ1n) is 31.9. The molecule has 1 aliphatic carbocycles. The highest BCUT2D eigenvalue weighted by atomic mass is 16.8. The number of azide groups is 8. The third-order valence-electron chi connectivity index (χ3n) is 16.0. The quantitative estimate of drug-likeness (QED) is 0.0296. The fourth-order valence-corrected chi connectivity index (χ4v) is 12.4. The van der Waals surface area contributed by atoms with Gasteiger partial charge in [-0.1, -0.05) is 40.9 Å². The number of hydrogen-bond donors (Lipinski definition) is 0. The van der Waals surface area contributed by atoms with E-state index in [0.29, 0.717) is 0 Å². The van der Waals surface area contributed by atoms with Crippen LogP contribution in [0.15, 0.2) is 40.9 Å². The molecule has 1 saturated carbocycles. The normalized spacial score (nSPS) is 34.4. The molecule has 10 unspecified atom stereocenters. The lowest BCUT2D eigenvalue weighted by atomic mass is 9.83. The Morgan fingerprint density at radius 2 is 0.565 bits per heavy atom. The van der Waals surface area contributed by atoms with Gasteiger partial charge < -0.3 is 94.7 Å². The summed E-state index contributed by atoms with van der Waals surface area (Å²) >= 11 is 0. The second-order valence-electron chi connectivity index (χ2n) is 23.5. The number of hydrogen-bond acceptors (Lipinski definition) is 38. The number of nitrogens with zero attached hydrogens (tertiary/aromatic N) is 24. The van der Waals surface area contributed by atoms with E-state index in [2.05, 4.69) is 80.2 Å². The maximum Gasteiger partial charge on any atom is 0.303 e. The van der Waals surface area contributed by atoms with E-state index in [0.717, 1.165) is 69.2 Å². The number of carbonyl (C=O) groups excluding carboxylic acids is 10. The average molecular weight is 1540 g/mol. The van der Waals surface area contributed by atoms with Crippen LogP contribution in [0.5, 0.6) is 0 Å². The van der Waals surface area contributed by atoms with Crippen LogP contribution in [0.4, 0.5) is 0 Å². The van der Waals surface area contributed by atoms with Gasteiger partial charge in [0.15, 0.2) is 80.3 Å². The first kappa shape index (κ1) is 85.7. The van der Waals surface area contributed by atoms with Crippen LogP contribution in [0, 0.1) is 0 Å². The Hall–Kier alpha value is -11.2. The summed E-state index contributed by atoms with van der Waals surface area (Å²) in [5, 5.41) is 29.3. The first-order valence-corrected chi connectivity index (χ1v) is 31.9. The molecule has 5 aliphatic heterocycles. The predicted molar refractivity (Wildman–Crippen MR) is 337 cm³/mol. The minimum atomic E-state index is -2.33. The Bertz CT molecular complexity index is 3720. The summed E-state index contributed by atoms with van der Waals surface area (Å²) in [5.41, 5.74) is 78.6. The zero-order valence-electron chi connectivity index (χ0n) is 58.4. The summed E-state index contributed by atoms with van der Waals surface area (Å²) in [7, 11) is 0. The van der Waals surface area contributed by atoms with Gasteiger partial charge in [0.05, 0.1) is 44.4 Å². The molecule has 6 aliphatic rings. The Morgan fingerprint density at radius 1 is 0.287 bits per heavy atom. The van der Waals surface area contributed by atoms with Crippen LogP contribution in [0.3, 0.4) is 0 Å². The minimum absolute atomic E-state index is 0.637. The maximum atomic E-state index is 13.7. The van der Waals surface area contributed by atoms with E-state index in [1.165, 1.54) is 0 Å². The molecule has 54 heteroatoms. The monoisotopic (exact) mass is 1530 g/mol. The molecule has 0 aromatic carbocycles. The van der Waals surface area contributed by atoms with Crippen LogP contribution in [0.1, 0.15) is 75.7 Å². The predicted octanol–water partition coefficient (Wildman–Crippen LogP) is 3.85. The molecule has 0 spiro atoms. The molecule has 0 aromatic rings. The Kier molecular flexibility index (Phi) is 32.6. The van der Waals surface area contributed by atoms with Crippen molar-refractivity contribution in [3.05, 3.63) is 83.5 Å². The largest absolute Gasteiger partial charge is 0.463 e. The molecule has 0 amide bonds. The molecule has 6 rings (SSSR count). The third kappa shape index (κ3) is 23.1. The molecular weight excluding hydrogens is 1460 g/mol. The highest BCUT2D eigenvalue weighted by Crippen LogP contribution is 2.43. The van der Waals surface area contributed by atoms with Gasteiger partial charge in [0, 0.05) is 109 Å². The average Bonchev–Trinajstić information content (AvgIpc) is 1.45. The van der Waals surface area contributed by atoms with E-state index in [4.69, 9.17) is 94.7 Å². The van der Waals surface area contributed by atoms with Gasteiger partial charge in [-0.25, -0.2) is 0 Å². The minimum Gasteiger partial charge on any atom is -0.463 e. The number of carbonyl (C=O) groups is 10. The highest BCUT2D eigenvalue weighted by Gasteiger charge is 2.61. The van der Waals surface area contributed by atoms with Crippen molar-refractivity contribution in [3.63, 3.8) is 0 Å². The van der Waals surface area contributed by atoms with Crippen molar-refractivity contribution in [2.24, 2.45) is 40.9 Å². The van der Waals surface area contributed by atoms with Gasteiger partial charge in [-0.05, 0) is 50.7 Å². The van der Waals surface area contributed by atoms with Crippen LogP contribution < -0.4 is 0 Å². The van der Waals surface area contributed by atoms with Crippen LogP contribution in [-0.4, -0.2) is 264 Å². The van der Waals surface area contributed by atoms with E-state index in [1.807, 2.05) is 0 Å². The lowest BCUT2D eigenvalue weighted by Gasteiger charge is -2.48. The molecule has 5 saturated heterocycles. The first-order chi connectivity index (χ1) is 51.4. The molecule has 28 atom stereocenters. The van der Waals surface area contributed by atoms with Gasteiger partial charge in [-0.3, -0.25) is 47.9 Å². The lowest BCUT2D eigenvalue weighted by molar-refractivity contribution is -0.309. The molecular formula is C54H70N24O30. The molecule has 0 radical (unpaired) electrons. The van der Waals surface area contributed by atoms with Crippen molar-refractivity contribution < 1.29 is 143 Å². The Labute approximate surface area is 605 Å². The molecule has 586 valence electrons. The Morgan fingerprint density at radius 3 is 0.898 bits per heavy atom. The van der Waals surface area contributed by atoms with Gasteiger partial charge in [0.1, 0.15) is 79.7 Å². The van der Waals surface area contributed by atoms with Gasteiger partial charge in [0.2, 0.25) is 0 Å². The van der Waals surface area contributed by atoms with Crippen LogP contribution in [0.2, 0.25) is 0 Å². The van der Waals surface area contributed by atoms with E-state index in [1.54, 1.807) is 0 Å². The summed E-state index contributed by atoms with van der Waals surface area (Å²) in [5.74, 6) is -10.8. The molecule has 6 fully saturated rings. The summed E-state index contributed by atoms with van der Waals surface area (Å²) in [6, 6.07) is -9.28. The second kappa shape index (κ2) is 41.0. The summed E-state index contributed by atoms with van der Waals surface area (Å²) in [4.78, 5) is 152. The van der Waals surface area contributed by atoms with Crippen molar-refractivity contribution in [3.8, 4) is 0 Å². The van der Waals surface area contributed by atoms with Crippen molar-refractivity contribution in [1.82, 2.24) is 0 Å². The second-order valence-corrected chi connectivity index (χ2v) is 23.5. The standard InChI is InChI=1S/C54H70N24O30/c1-17(79)89-15-32-42(106-51-35(69-77-61)45(96-23(7)85)40(93-20(4)82)30(101-51)13-64-72-56)48(98-25(9)87)53(103-32)90-16-33-43(107-52-36(70-78-62)46(97-24(8)86)41(94-21(5)83)31(102-52)14-65-73-57)49(99-26(10)88)54(104-33)108-47-37(91-18(2)80)27(66-74-58)11-28(67-75-59)38(47)105-50-34(68-76-60)44(95-22(6)84)39(92-19(3)81)29(100-50)12-63-71-55/h27-54H,11-16H2,1-10H3/t27-,28?,29?,30+,31+,32-,33-,34?,35?,36?,37?,38-,39-,40-,41-,42+,43+,44-,45?,46?,47-,48?,49?,50-,51-,52-,53-,54+/m1/s1. The zero-order valence-corrected chi connectivity index (χ0v) is 58.4. The smallest absolute Gasteiger partial charge is 0.303 e. The summed E-state index contributed by atoms with van der Waals surface area (Å²) in [6.07, 6.45) is -45.4. The van der Waals surface area contributed by atoms with Crippen LogP contribution in [0.25, 0.3) is 83.5 Å². The number of esters is 10. The molecule has 108 heavy (non-hydrogen) atoms. The molecule has 0 aromatic heterocycles. The topological polar surface area (TPSA) is 745 Å². The molecule has 5 heterocycles. The van der Waals surface area contributed by atoms with Crippen molar-refractivity contribution in [2.45, 2.75) is 247 Å². The van der Waals surface area contributed by atoms with Gasteiger partial charge in [-0.15, -0.1) is 0 Å². The lowest BCUT2D eigenvalue weighted by Crippen LogP contribution is -2.65. The zero-order chi connectivity index (χ0) is 79.6. The van der Waals surface area contributed by atoms with Crippen molar-refractivity contribution in [1.29, 1.82) is 0 Å². The van der Waals surface area contributed by atoms with Gasteiger partial charge in [-0.2, -0.15) is 0 Å². The van der Waals surface area contributed by atoms with Gasteiger partial charge >= 0.3 is 59.7 Å². The van der Waals surface area contributed by atoms with E-state index >= 15 is 0 Å². The fraction of sp³-hybridized carbons (Fsp3) is 0.815. The number of ether oxygens (including phenoxy) is 20. The van der Waals surface area contributed by atoms with E-state index in [-0.39, 0.29) is 0 Å². The molecule has 0 bridgehead atoms. The third-order valence-corrected chi connectivity index (χ3v) is 16.0. The summed E-state index contributed by atoms with van der Waals surface area (Å²) in [6.45, 7) is 5.03. The van der Waals surface area contributed by atoms with Crippen molar-refractivity contribution >= 4 is 59.7 Å². The van der Waals surface area contributed by atoms with Crippen molar-refractivity contribution in [2.75, 3.05) is 32.8 Å². The number of rotatable bonds is 33. The maximum absolute atomic E-state index is 13.7.